The summed E-state index contributed by atoms with van der Waals surface area (Å²) in [6.07, 6.45) is 1.74. The molecule has 1 aromatic heterocycles. The number of hydrogen-bond donors (Lipinski definition) is 1. The van der Waals surface area contributed by atoms with Crippen molar-refractivity contribution in [2.45, 2.75) is 39.3 Å². The molecule has 31 heavy (non-hydrogen) atoms. The second kappa shape index (κ2) is 9.61. The van der Waals surface area contributed by atoms with Crippen molar-refractivity contribution in [1.82, 2.24) is 14.9 Å². The van der Waals surface area contributed by atoms with Crippen LogP contribution in [0.1, 0.15) is 48.1 Å². The predicted molar refractivity (Wildman–Crippen MR) is 126 cm³/mol. The maximum Gasteiger partial charge on any atom is 0.251 e. The summed E-state index contributed by atoms with van der Waals surface area (Å²) in [6, 6.07) is 27.7. The van der Waals surface area contributed by atoms with Crippen molar-refractivity contribution in [1.29, 1.82) is 0 Å². The summed E-state index contributed by atoms with van der Waals surface area (Å²) in [5, 5.41) is 3.26. The Hall–Kier alpha value is -3.40. The smallest absolute Gasteiger partial charge is 0.251 e. The van der Waals surface area contributed by atoms with Crippen molar-refractivity contribution in [2.75, 3.05) is 0 Å². The average molecular weight is 412 g/mol. The molecular weight excluding hydrogens is 382 g/mol. The molecule has 0 spiro atoms. The van der Waals surface area contributed by atoms with E-state index in [4.69, 9.17) is 4.98 Å². The lowest BCUT2D eigenvalue weighted by molar-refractivity contribution is 0.0934. The fraction of sp³-hybridized carbons (Fsp3) is 0.259. The van der Waals surface area contributed by atoms with Crippen molar-refractivity contribution in [3.05, 3.63) is 102 Å². The average Bonchev–Trinajstić information content (AvgIpc) is 3.17. The van der Waals surface area contributed by atoms with Gasteiger partial charge in [0, 0.05) is 12.1 Å². The summed E-state index contributed by atoms with van der Waals surface area (Å²) in [5.74, 6) is 1.42. The molecule has 0 aliphatic rings. The van der Waals surface area contributed by atoms with Gasteiger partial charge in [-0.15, -0.1) is 0 Å². The van der Waals surface area contributed by atoms with Crippen LogP contribution >= 0.6 is 0 Å². The molecule has 3 aromatic carbocycles. The molecule has 4 nitrogen and oxygen atoms in total. The third-order valence-corrected chi connectivity index (χ3v) is 5.55. The quantitative estimate of drug-likeness (QED) is 0.398. The number of aromatic nitrogens is 2. The van der Waals surface area contributed by atoms with Crippen LogP contribution in [-0.2, 0) is 13.0 Å². The standard InChI is InChI=1S/C27H29N3O/c1-20(2)17-18-30-25-16-10-9-15-23(25)28-26(30)24(19-21-11-5-3-6-12-21)29-27(31)22-13-7-4-8-14-22/h3-16,20,24H,17-19H2,1-2H3,(H,29,31)/t24-/m1/s1. The van der Waals surface area contributed by atoms with Crippen molar-refractivity contribution in [3.8, 4) is 0 Å². The van der Waals surface area contributed by atoms with E-state index < -0.39 is 0 Å². The van der Waals surface area contributed by atoms with E-state index >= 15 is 0 Å². The van der Waals surface area contributed by atoms with Crippen LogP contribution in [0.4, 0.5) is 0 Å². The van der Waals surface area contributed by atoms with Gasteiger partial charge in [-0.1, -0.05) is 74.5 Å². The SMILES string of the molecule is CC(C)CCn1c([C@@H](Cc2ccccc2)NC(=O)c2ccccc2)nc2ccccc21. The molecule has 4 heteroatoms. The van der Waals surface area contributed by atoms with Gasteiger partial charge in [-0.2, -0.15) is 0 Å². The highest BCUT2D eigenvalue weighted by Gasteiger charge is 2.23. The third-order valence-electron chi connectivity index (χ3n) is 5.55. The zero-order valence-corrected chi connectivity index (χ0v) is 18.2. The zero-order valence-electron chi connectivity index (χ0n) is 18.2. The summed E-state index contributed by atoms with van der Waals surface area (Å²) in [6.45, 7) is 5.34. The first-order valence-electron chi connectivity index (χ1n) is 11.0. The number of para-hydroxylation sites is 2. The molecule has 0 saturated heterocycles. The number of amides is 1. The lowest BCUT2D eigenvalue weighted by atomic mass is 10.0. The van der Waals surface area contributed by atoms with Gasteiger partial charge in [0.25, 0.3) is 5.91 Å². The van der Waals surface area contributed by atoms with Gasteiger partial charge in [-0.25, -0.2) is 4.98 Å². The van der Waals surface area contributed by atoms with Crippen LogP contribution in [0.25, 0.3) is 11.0 Å². The Balaban J connectivity index is 1.74. The van der Waals surface area contributed by atoms with Gasteiger partial charge >= 0.3 is 0 Å². The largest absolute Gasteiger partial charge is 0.342 e. The highest BCUT2D eigenvalue weighted by molar-refractivity contribution is 5.94. The van der Waals surface area contributed by atoms with Crippen LogP contribution in [0.2, 0.25) is 0 Å². The lowest BCUT2D eigenvalue weighted by Crippen LogP contribution is -2.32. The molecule has 0 fully saturated rings. The number of rotatable bonds is 8. The zero-order chi connectivity index (χ0) is 21.6. The number of carbonyl (C=O) groups is 1. The number of carbonyl (C=O) groups excluding carboxylic acids is 1. The molecule has 0 aliphatic carbocycles. The summed E-state index contributed by atoms with van der Waals surface area (Å²) in [4.78, 5) is 18.0. The molecule has 1 amide bonds. The number of nitrogens with zero attached hydrogens (tertiary/aromatic N) is 2. The number of aryl methyl sites for hydroxylation is 1. The van der Waals surface area contributed by atoms with Crippen molar-refractivity contribution in [2.24, 2.45) is 5.92 Å². The number of fused-ring (bicyclic) bond motifs is 1. The van der Waals surface area contributed by atoms with E-state index in [0.717, 1.165) is 29.8 Å². The van der Waals surface area contributed by atoms with E-state index in [1.54, 1.807) is 0 Å². The third kappa shape index (κ3) is 5.02. The molecule has 0 aliphatic heterocycles. The second-order valence-corrected chi connectivity index (χ2v) is 8.37. The van der Waals surface area contributed by atoms with Gasteiger partial charge in [0.15, 0.2) is 0 Å². The molecule has 4 aromatic rings. The van der Waals surface area contributed by atoms with Crippen molar-refractivity contribution >= 4 is 16.9 Å². The summed E-state index contributed by atoms with van der Waals surface area (Å²) < 4.78 is 2.29. The molecular formula is C27H29N3O. The van der Waals surface area contributed by atoms with Crippen LogP contribution in [-0.4, -0.2) is 15.5 Å². The molecule has 1 heterocycles. The monoisotopic (exact) mass is 411 g/mol. The van der Waals surface area contributed by atoms with E-state index in [2.05, 4.69) is 48.0 Å². The maximum absolute atomic E-state index is 13.1. The topological polar surface area (TPSA) is 46.9 Å². The van der Waals surface area contributed by atoms with Crippen LogP contribution in [0.15, 0.2) is 84.9 Å². The summed E-state index contributed by atoms with van der Waals surface area (Å²) >= 11 is 0. The molecule has 1 N–H and O–H groups in total. The van der Waals surface area contributed by atoms with Crippen molar-refractivity contribution < 1.29 is 4.79 Å². The molecule has 4 rings (SSSR count). The molecule has 1 atom stereocenters. The summed E-state index contributed by atoms with van der Waals surface area (Å²) in [7, 11) is 0. The van der Waals surface area contributed by atoms with Gasteiger partial charge < -0.3 is 9.88 Å². The molecule has 0 radical (unpaired) electrons. The van der Waals surface area contributed by atoms with Crippen LogP contribution in [0.5, 0.6) is 0 Å². The first kappa shape index (κ1) is 20.9. The van der Waals surface area contributed by atoms with Gasteiger partial charge in [-0.3, -0.25) is 4.79 Å². The number of nitrogens with one attached hydrogen (secondary N) is 1. The highest BCUT2D eigenvalue weighted by atomic mass is 16.1. The minimum Gasteiger partial charge on any atom is -0.342 e. The first-order valence-corrected chi connectivity index (χ1v) is 11.0. The van der Waals surface area contributed by atoms with Crippen LogP contribution in [0.3, 0.4) is 0 Å². The van der Waals surface area contributed by atoms with Crippen molar-refractivity contribution in [3.63, 3.8) is 0 Å². The fourth-order valence-electron chi connectivity index (χ4n) is 3.87. The Morgan fingerprint density at radius 2 is 1.55 bits per heavy atom. The van der Waals surface area contributed by atoms with E-state index in [-0.39, 0.29) is 11.9 Å². The van der Waals surface area contributed by atoms with Crippen LogP contribution in [0, 0.1) is 5.92 Å². The Morgan fingerprint density at radius 3 is 2.26 bits per heavy atom. The highest BCUT2D eigenvalue weighted by Crippen LogP contribution is 2.25. The van der Waals surface area contributed by atoms with Gasteiger partial charge in [-0.05, 0) is 48.6 Å². The predicted octanol–water partition coefficient (Wildman–Crippen LogP) is 5.80. The number of benzene rings is 3. The van der Waals surface area contributed by atoms with E-state index in [1.165, 1.54) is 5.56 Å². The first-order chi connectivity index (χ1) is 15.1. The lowest BCUT2D eigenvalue weighted by Gasteiger charge is -2.21. The Kier molecular flexibility index (Phi) is 6.46. The molecule has 0 unspecified atom stereocenters. The van der Waals surface area contributed by atoms with E-state index in [0.29, 0.717) is 17.9 Å². The van der Waals surface area contributed by atoms with Crippen LogP contribution < -0.4 is 5.32 Å². The molecule has 0 saturated carbocycles. The minimum absolute atomic E-state index is 0.0796. The Labute approximate surface area is 183 Å². The maximum atomic E-state index is 13.1. The number of imidazole rings is 1. The number of hydrogen-bond acceptors (Lipinski definition) is 2. The second-order valence-electron chi connectivity index (χ2n) is 8.37. The Morgan fingerprint density at radius 1 is 0.903 bits per heavy atom. The molecule has 158 valence electrons. The van der Waals surface area contributed by atoms with Gasteiger partial charge in [0.2, 0.25) is 0 Å². The molecule has 0 bridgehead atoms. The fourth-order valence-corrected chi connectivity index (χ4v) is 3.87. The minimum atomic E-state index is -0.227. The van der Waals surface area contributed by atoms with E-state index in [9.17, 15) is 4.79 Å². The summed E-state index contributed by atoms with van der Waals surface area (Å²) in [5.41, 5.74) is 3.91. The van der Waals surface area contributed by atoms with Gasteiger partial charge in [0.1, 0.15) is 5.82 Å². The normalized spacial score (nSPS) is 12.2. The van der Waals surface area contributed by atoms with Gasteiger partial charge in [0.05, 0.1) is 17.1 Å². The van der Waals surface area contributed by atoms with E-state index in [1.807, 2.05) is 60.7 Å². The Bertz CT molecular complexity index is 1130.